The number of aliphatic hydroxyl groups is 15. The van der Waals surface area contributed by atoms with Crippen molar-refractivity contribution in [2.24, 2.45) is 56.2 Å². The fourth-order valence-electron chi connectivity index (χ4n) is 17.3. The molecule has 4 saturated heterocycles. The molecular formula is C55H88O25. The SMILES string of the molecule is COC(=O)[C@@]1(C)CC[C@]2(C(=O)O[C@@H]3O[C@H](CO)[C@@H](O)[C@H](O)[C@H]3O)CC[C@]3(C)C(=CC[C@@H]4[C@@]5(C)CC[C@H]([C@@H]6O[C@H](CO)[C@@H](O[C@@H]7O[C@H](CO)[C@@H](O[C@@H]8O[C@H](CO)[C@@H](O)[C@H](O)[C@H]8O)[C@H](O)[C@H]7O)[C@H](O)[C@H]6O)[C@@](C)(CO)[C@@H]5CC[C@]43C)[C@@H]2C1. The van der Waals surface area contributed by atoms with Gasteiger partial charge in [0.1, 0.15) is 97.7 Å². The first-order valence-corrected chi connectivity index (χ1v) is 28.4. The van der Waals surface area contributed by atoms with Crippen LogP contribution in [0, 0.1) is 56.2 Å². The normalized spacial score (nSPS) is 54.2. The maximum Gasteiger partial charge on any atom is 0.315 e. The van der Waals surface area contributed by atoms with Crippen molar-refractivity contribution in [3.8, 4) is 0 Å². The van der Waals surface area contributed by atoms with E-state index in [2.05, 4.69) is 26.8 Å². The van der Waals surface area contributed by atoms with Gasteiger partial charge in [0.15, 0.2) is 12.6 Å². The zero-order valence-corrected chi connectivity index (χ0v) is 46.3. The Hall–Kier alpha value is -2.16. The topological polar surface area (TPSA) is 411 Å². The first-order valence-electron chi connectivity index (χ1n) is 28.4. The third-order valence-electron chi connectivity index (χ3n) is 22.4. The lowest BCUT2D eigenvalue weighted by atomic mass is 9.33. The summed E-state index contributed by atoms with van der Waals surface area (Å²) in [5, 5.41) is 162. The van der Waals surface area contributed by atoms with E-state index in [1.165, 1.54) is 7.11 Å². The molecule has 25 heteroatoms. The molecule has 9 rings (SSSR count). The van der Waals surface area contributed by atoms with Crippen molar-refractivity contribution in [3.05, 3.63) is 11.6 Å². The van der Waals surface area contributed by atoms with E-state index in [1.54, 1.807) is 0 Å². The Morgan fingerprint density at radius 1 is 0.550 bits per heavy atom. The molecule has 80 heavy (non-hydrogen) atoms. The molecule has 4 saturated carbocycles. The first-order chi connectivity index (χ1) is 37.6. The van der Waals surface area contributed by atoms with Crippen LogP contribution in [-0.2, 0) is 47.5 Å². The molecule has 30 atom stereocenters. The van der Waals surface area contributed by atoms with Gasteiger partial charge in [-0.2, -0.15) is 0 Å². The maximum atomic E-state index is 14.9. The summed E-state index contributed by atoms with van der Waals surface area (Å²) >= 11 is 0. The quantitative estimate of drug-likeness (QED) is 0.0625. The third-order valence-corrected chi connectivity index (χ3v) is 22.4. The molecule has 0 radical (unpaired) electrons. The highest BCUT2D eigenvalue weighted by atomic mass is 16.8. The molecule has 5 aliphatic carbocycles. The Labute approximate surface area is 464 Å². The van der Waals surface area contributed by atoms with Gasteiger partial charge in [-0.15, -0.1) is 0 Å². The lowest BCUT2D eigenvalue weighted by Crippen LogP contribution is -2.69. The van der Waals surface area contributed by atoms with Gasteiger partial charge in [0.2, 0.25) is 6.29 Å². The van der Waals surface area contributed by atoms with Crippen LogP contribution in [0.4, 0.5) is 0 Å². The molecule has 0 amide bonds. The summed E-state index contributed by atoms with van der Waals surface area (Å²) in [6.07, 6.45) is -26.5. The van der Waals surface area contributed by atoms with Gasteiger partial charge in [0.05, 0.1) is 50.5 Å². The Bertz CT molecular complexity index is 2240. The molecule has 0 bridgehead atoms. The molecule has 0 spiro atoms. The summed E-state index contributed by atoms with van der Waals surface area (Å²) in [6, 6.07) is 0. The second-order valence-corrected chi connectivity index (χ2v) is 26.1. The van der Waals surface area contributed by atoms with Gasteiger partial charge in [0, 0.05) is 6.61 Å². The Balaban J connectivity index is 0.934. The number of ether oxygens (including phenoxy) is 8. The van der Waals surface area contributed by atoms with Crippen molar-refractivity contribution in [1.29, 1.82) is 0 Å². The zero-order valence-electron chi connectivity index (χ0n) is 46.3. The van der Waals surface area contributed by atoms with E-state index in [-0.39, 0.29) is 31.3 Å². The predicted octanol–water partition coefficient (Wildman–Crippen LogP) is -3.64. The summed E-state index contributed by atoms with van der Waals surface area (Å²) in [4.78, 5) is 28.5. The van der Waals surface area contributed by atoms with Crippen molar-refractivity contribution in [2.75, 3.05) is 40.1 Å². The second-order valence-electron chi connectivity index (χ2n) is 26.1. The number of fused-ring (bicyclic) bond motifs is 7. The number of carbonyl (C=O) groups excluding carboxylic acids is 2. The molecule has 0 aromatic heterocycles. The molecule has 4 aliphatic heterocycles. The van der Waals surface area contributed by atoms with Gasteiger partial charge in [0.25, 0.3) is 0 Å². The number of methoxy groups -OCH3 is 1. The summed E-state index contributed by atoms with van der Waals surface area (Å²) in [7, 11) is 1.34. The van der Waals surface area contributed by atoms with Crippen molar-refractivity contribution in [2.45, 2.75) is 221 Å². The van der Waals surface area contributed by atoms with Crippen molar-refractivity contribution in [1.82, 2.24) is 0 Å². The van der Waals surface area contributed by atoms with Crippen LogP contribution in [-0.4, -0.2) is 251 Å². The first kappa shape index (κ1) is 62.4. The molecule has 25 nitrogen and oxygen atoms in total. The summed E-state index contributed by atoms with van der Waals surface area (Å²) in [6.45, 7) is 7.15. The highest BCUT2D eigenvalue weighted by molar-refractivity contribution is 5.81. The van der Waals surface area contributed by atoms with Crippen LogP contribution in [0.25, 0.3) is 0 Å². The number of hydrogen-bond donors (Lipinski definition) is 15. The van der Waals surface area contributed by atoms with Crippen LogP contribution in [0.3, 0.4) is 0 Å². The monoisotopic (exact) mass is 1150 g/mol. The smallest absolute Gasteiger partial charge is 0.315 e. The van der Waals surface area contributed by atoms with Crippen LogP contribution in [0.5, 0.6) is 0 Å². The average molecular weight is 1150 g/mol. The molecule has 9 aliphatic rings. The third kappa shape index (κ3) is 9.65. The van der Waals surface area contributed by atoms with Gasteiger partial charge in [-0.3, -0.25) is 9.59 Å². The zero-order chi connectivity index (χ0) is 58.6. The fraction of sp³-hybridized carbons (Fsp3) is 0.927. The number of carbonyl (C=O) groups is 2. The summed E-state index contributed by atoms with van der Waals surface area (Å²) < 4.78 is 46.3. The second kappa shape index (κ2) is 22.9. The van der Waals surface area contributed by atoms with Gasteiger partial charge in [-0.05, 0) is 116 Å². The largest absolute Gasteiger partial charge is 0.469 e. The Morgan fingerprint density at radius 3 is 1.62 bits per heavy atom. The molecule has 0 unspecified atom stereocenters. The fourth-order valence-corrected chi connectivity index (χ4v) is 17.3. The van der Waals surface area contributed by atoms with Crippen LogP contribution in [0.2, 0.25) is 0 Å². The van der Waals surface area contributed by atoms with Crippen LogP contribution < -0.4 is 0 Å². The van der Waals surface area contributed by atoms with Crippen molar-refractivity contribution < 1.29 is 124 Å². The minimum absolute atomic E-state index is 0.0199. The van der Waals surface area contributed by atoms with E-state index in [4.69, 9.17) is 37.9 Å². The molecule has 4 heterocycles. The number of esters is 2. The van der Waals surface area contributed by atoms with E-state index < -0.39 is 205 Å². The standard InChI is InChI=1S/C55H88O25/c1-50(48(71)73-6)13-15-55(49(72)80-47-40(69)35(64)33(62)27(19-57)76-47)16-14-53(4)23(25(55)17-50)7-8-31-51(2)11-9-24(52(3,22-60)30(51)10-12-54(31,53)5)42-36(65)37(66)43(28(20-58)74-42)78-46-41(70)38(67)44(29(21-59)77-46)79-45-39(68)34(63)32(61)26(18-56)75-45/h7,24-47,56-70H,8-22H2,1-6H3/t24-,25+,26-,27-,28-,29-,30-,31-,32-,33-,34+,35+,36-,37-,38-,39-,40-,41-,42+,43-,44-,45+,46+,47+,50+,51+,52-,53-,54-,55+/m1/s1. The average Bonchev–Trinajstić information content (AvgIpc) is 3.31. The molecule has 15 N–H and O–H groups in total. The Morgan fingerprint density at radius 2 is 1.06 bits per heavy atom. The molecule has 8 fully saturated rings. The van der Waals surface area contributed by atoms with E-state index in [0.29, 0.717) is 51.4 Å². The van der Waals surface area contributed by atoms with E-state index in [9.17, 15) is 86.2 Å². The number of rotatable bonds is 13. The Kier molecular flexibility index (Phi) is 17.9. The lowest BCUT2D eigenvalue weighted by Gasteiger charge is -2.72. The number of hydrogen-bond acceptors (Lipinski definition) is 25. The summed E-state index contributed by atoms with van der Waals surface area (Å²) in [5.74, 6) is -2.34. The predicted molar refractivity (Wildman–Crippen MR) is 269 cm³/mol. The minimum atomic E-state index is -1.99. The highest BCUT2D eigenvalue weighted by Gasteiger charge is 2.72. The van der Waals surface area contributed by atoms with E-state index in [0.717, 1.165) is 5.57 Å². The van der Waals surface area contributed by atoms with Crippen molar-refractivity contribution in [3.63, 3.8) is 0 Å². The van der Waals surface area contributed by atoms with Gasteiger partial charge < -0.3 is 114 Å². The lowest BCUT2D eigenvalue weighted by molar-refractivity contribution is -0.374. The van der Waals surface area contributed by atoms with Gasteiger partial charge in [-0.1, -0.05) is 39.3 Å². The van der Waals surface area contributed by atoms with Crippen LogP contribution in [0.1, 0.15) is 98.8 Å². The minimum Gasteiger partial charge on any atom is -0.469 e. The molecular weight excluding hydrogens is 1060 g/mol. The van der Waals surface area contributed by atoms with E-state index >= 15 is 0 Å². The highest BCUT2D eigenvalue weighted by Crippen LogP contribution is 2.76. The molecule has 458 valence electrons. The van der Waals surface area contributed by atoms with Crippen LogP contribution >= 0.6 is 0 Å². The van der Waals surface area contributed by atoms with Gasteiger partial charge in [-0.25, -0.2) is 0 Å². The number of aliphatic hydroxyl groups excluding tert-OH is 15. The maximum absolute atomic E-state index is 14.9. The van der Waals surface area contributed by atoms with Crippen molar-refractivity contribution >= 4 is 11.9 Å². The molecule has 0 aromatic carbocycles. The van der Waals surface area contributed by atoms with E-state index in [1.807, 2.05) is 13.8 Å². The van der Waals surface area contributed by atoms with Gasteiger partial charge >= 0.3 is 11.9 Å². The number of allylic oxidation sites excluding steroid dienone is 2. The summed E-state index contributed by atoms with van der Waals surface area (Å²) in [5.41, 5.74) is -3.41. The molecule has 0 aromatic rings. The van der Waals surface area contributed by atoms with Crippen LogP contribution in [0.15, 0.2) is 11.6 Å².